The highest BCUT2D eigenvalue weighted by molar-refractivity contribution is 5.76. The number of halogens is 1. The van der Waals surface area contributed by atoms with E-state index in [9.17, 15) is 4.39 Å². The number of piperidine rings is 1. The standard InChI is InChI=1S/C30H34FN3O/c1-35-27-15-11-23(12-16-27)5-4-6-24-17-19-33(20-18-24)22-30-32-28-7-2-3-8-29(28)34(30)21-25-9-13-26(31)14-10-25/h2-3,7-16,24H,4-6,17-22H2,1H3. The molecular formula is C30H34FN3O. The highest BCUT2D eigenvalue weighted by Crippen LogP contribution is 2.26. The van der Waals surface area contributed by atoms with Gasteiger partial charge in [0.2, 0.25) is 0 Å². The van der Waals surface area contributed by atoms with E-state index in [4.69, 9.17) is 9.72 Å². The van der Waals surface area contributed by atoms with Crippen molar-refractivity contribution in [3.8, 4) is 5.75 Å². The molecule has 1 fully saturated rings. The fourth-order valence-electron chi connectivity index (χ4n) is 5.22. The van der Waals surface area contributed by atoms with Crippen LogP contribution in [-0.2, 0) is 19.5 Å². The molecule has 0 radical (unpaired) electrons. The zero-order chi connectivity index (χ0) is 24.0. The minimum atomic E-state index is -0.198. The maximum Gasteiger partial charge on any atom is 0.124 e. The number of rotatable bonds is 9. The molecule has 5 rings (SSSR count). The van der Waals surface area contributed by atoms with Crippen LogP contribution in [0.5, 0.6) is 5.75 Å². The molecule has 0 aliphatic carbocycles. The van der Waals surface area contributed by atoms with Gasteiger partial charge in [-0.1, -0.05) is 42.8 Å². The lowest BCUT2D eigenvalue weighted by Gasteiger charge is -2.32. The number of hydrogen-bond donors (Lipinski definition) is 0. The van der Waals surface area contributed by atoms with Gasteiger partial charge in [-0.25, -0.2) is 9.37 Å². The number of methoxy groups -OCH3 is 1. The number of benzene rings is 3. The Kier molecular flexibility index (Phi) is 7.43. The van der Waals surface area contributed by atoms with Crippen molar-refractivity contribution in [1.29, 1.82) is 0 Å². The van der Waals surface area contributed by atoms with Gasteiger partial charge < -0.3 is 9.30 Å². The average Bonchev–Trinajstić information content (AvgIpc) is 3.23. The Morgan fingerprint density at radius 1 is 0.886 bits per heavy atom. The van der Waals surface area contributed by atoms with E-state index in [2.05, 4.69) is 51.9 Å². The molecule has 1 aromatic heterocycles. The molecule has 35 heavy (non-hydrogen) atoms. The second-order valence-electron chi connectivity index (χ2n) is 9.69. The first-order chi connectivity index (χ1) is 17.2. The maximum absolute atomic E-state index is 13.4. The van der Waals surface area contributed by atoms with Crippen LogP contribution in [0.25, 0.3) is 11.0 Å². The maximum atomic E-state index is 13.4. The van der Waals surface area contributed by atoms with Crippen LogP contribution in [0.1, 0.15) is 42.6 Å². The van der Waals surface area contributed by atoms with Crippen LogP contribution in [-0.4, -0.2) is 34.7 Å². The molecule has 0 saturated carbocycles. The predicted molar refractivity (Wildman–Crippen MR) is 139 cm³/mol. The van der Waals surface area contributed by atoms with Crippen molar-refractivity contribution in [2.45, 2.75) is 45.2 Å². The number of nitrogens with zero attached hydrogens (tertiary/aromatic N) is 3. The van der Waals surface area contributed by atoms with Gasteiger partial charge in [0.1, 0.15) is 17.4 Å². The van der Waals surface area contributed by atoms with E-state index in [1.165, 1.54) is 43.4 Å². The SMILES string of the molecule is COc1ccc(CCCC2CCN(Cc3nc4ccccc4n3Cc3ccc(F)cc3)CC2)cc1. The van der Waals surface area contributed by atoms with Crippen LogP contribution < -0.4 is 4.74 Å². The third-order valence-corrected chi connectivity index (χ3v) is 7.30. The van der Waals surface area contributed by atoms with Crippen molar-refractivity contribution in [3.05, 3.63) is 95.6 Å². The van der Waals surface area contributed by atoms with Crippen LogP contribution in [0.3, 0.4) is 0 Å². The van der Waals surface area contributed by atoms with Crippen molar-refractivity contribution in [2.24, 2.45) is 5.92 Å². The first-order valence-corrected chi connectivity index (χ1v) is 12.7. The minimum Gasteiger partial charge on any atom is -0.497 e. The minimum absolute atomic E-state index is 0.198. The van der Waals surface area contributed by atoms with Gasteiger partial charge in [-0.15, -0.1) is 0 Å². The Morgan fingerprint density at radius 3 is 2.34 bits per heavy atom. The van der Waals surface area contributed by atoms with Crippen LogP contribution in [0.15, 0.2) is 72.8 Å². The quantitative estimate of drug-likeness (QED) is 0.280. The topological polar surface area (TPSA) is 30.3 Å². The number of ether oxygens (including phenoxy) is 1. The molecule has 4 aromatic rings. The molecular weight excluding hydrogens is 437 g/mol. The van der Waals surface area contributed by atoms with Crippen LogP contribution >= 0.6 is 0 Å². The van der Waals surface area contributed by atoms with Gasteiger partial charge >= 0.3 is 0 Å². The molecule has 1 aliphatic rings. The Hall–Kier alpha value is -3.18. The summed E-state index contributed by atoms with van der Waals surface area (Å²) in [6, 6.07) is 23.6. The van der Waals surface area contributed by atoms with Gasteiger partial charge in [-0.2, -0.15) is 0 Å². The van der Waals surface area contributed by atoms with E-state index in [1.807, 2.05) is 18.2 Å². The van der Waals surface area contributed by atoms with Crippen molar-refractivity contribution in [1.82, 2.24) is 14.5 Å². The number of imidazole rings is 1. The van der Waals surface area contributed by atoms with Gasteiger partial charge in [0.25, 0.3) is 0 Å². The molecule has 2 heterocycles. The third kappa shape index (κ3) is 5.91. The van der Waals surface area contributed by atoms with Gasteiger partial charge in [0.15, 0.2) is 0 Å². The molecule has 0 bridgehead atoms. The number of aromatic nitrogens is 2. The number of hydrogen-bond acceptors (Lipinski definition) is 3. The summed E-state index contributed by atoms with van der Waals surface area (Å²) in [5.74, 6) is 2.62. The molecule has 4 nitrogen and oxygen atoms in total. The fraction of sp³-hybridized carbons (Fsp3) is 0.367. The molecule has 0 N–H and O–H groups in total. The first-order valence-electron chi connectivity index (χ1n) is 12.7. The summed E-state index contributed by atoms with van der Waals surface area (Å²) in [5.41, 5.74) is 4.65. The summed E-state index contributed by atoms with van der Waals surface area (Å²) in [5, 5.41) is 0. The number of fused-ring (bicyclic) bond motifs is 1. The van der Waals surface area contributed by atoms with Crippen molar-refractivity contribution in [3.63, 3.8) is 0 Å². The highest BCUT2D eigenvalue weighted by atomic mass is 19.1. The summed E-state index contributed by atoms with van der Waals surface area (Å²) in [6.45, 7) is 3.80. The molecule has 182 valence electrons. The Balaban J connectivity index is 1.17. The first kappa shape index (κ1) is 23.6. The summed E-state index contributed by atoms with van der Waals surface area (Å²) in [7, 11) is 1.71. The lowest BCUT2D eigenvalue weighted by atomic mass is 9.91. The summed E-state index contributed by atoms with van der Waals surface area (Å²) in [4.78, 5) is 7.52. The van der Waals surface area contributed by atoms with Gasteiger partial charge in [0, 0.05) is 6.54 Å². The Bertz CT molecular complexity index is 1220. The molecule has 1 saturated heterocycles. The second kappa shape index (κ2) is 11.0. The van der Waals surface area contributed by atoms with Gasteiger partial charge in [-0.05, 0) is 92.2 Å². The molecule has 0 spiro atoms. The number of aryl methyl sites for hydroxylation is 1. The van der Waals surface area contributed by atoms with E-state index in [0.717, 1.165) is 60.1 Å². The molecule has 1 aliphatic heterocycles. The van der Waals surface area contributed by atoms with Crippen molar-refractivity contribution >= 4 is 11.0 Å². The molecule has 0 atom stereocenters. The number of likely N-dealkylation sites (tertiary alicyclic amines) is 1. The van der Waals surface area contributed by atoms with Gasteiger partial charge in [0.05, 0.1) is 24.7 Å². The largest absolute Gasteiger partial charge is 0.497 e. The van der Waals surface area contributed by atoms with Crippen LogP contribution in [0.4, 0.5) is 4.39 Å². The highest BCUT2D eigenvalue weighted by Gasteiger charge is 2.21. The Labute approximate surface area is 207 Å². The van der Waals surface area contributed by atoms with E-state index < -0.39 is 0 Å². The lowest BCUT2D eigenvalue weighted by Crippen LogP contribution is -2.34. The van der Waals surface area contributed by atoms with E-state index in [-0.39, 0.29) is 5.82 Å². The van der Waals surface area contributed by atoms with Crippen molar-refractivity contribution in [2.75, 3.05) is 20.2 Å². The predicted octanol–water partition coefficient (Wildman–Crippen LogP) is 6.47. The van der Waals surface area contributed by atoms with E-state index in [1.54, 1.807) is 7.11 Å². The zero-order valence-corrected chi connectivity index (χ0v) is 20.5. The van der Waals surface area contributed by atoms with Crippen molar-refractivity contribution < 1.29 is 9.13 Å². The normalized spacial score (nSPS) is 15.0. The molecule has 0 unspecified atom stereocenters. The summed E-state index contributed by atoms with van der Waals surface area (Å²) >= 11 is 0. The molecule has 5 heteroatoms. The average molecular weight is 472 g/mol. The molecule has 0 amide bonds. The van der Waals surface area contributed by atoms with Gasteiger partial charge in [-0.3, -0.25) is 4.90 Å². The fourth-order valence-corrected chi connectivity index (χ4v) is 5.22. The van der Waals surface area contributed by atoms with Crippen LogP contribution in [0, 0.1) is 11.7 Å². The van der Waals surface area contributed by atoms with E-state index >= 15 is 0 Å². The zero-order valence-electron chi connectivity index (χ0n) is 20.5. The smallest absolute Gasteiger partial charge is 0.124 e. The second-order valence-corrected chi connectivity index (χ2v) is 9.69. The van der Waals surface area contributed by atoms with E-state index in [0.29, 0.717) is 6.54 Å². The molecule has 3 aromatic carbocycles. The van der Waals surface area contributed by atoms with Crippen LogP contribution in [0.2, 0.25) is 0 Å². The summed E-state index contributed by atoms with van der Waals surface area (Å²) in [6.07, 6.45) is 6.17. The number of para-hydroxylation sites is 2. The Morgan fingerprint density at radius 2 is 1.60 bits per heavy atom. The monoisotopic (exact) mass is 471 g/mol. The lowest BCUT2D eigenvalue weighted by molar-refractivity contribution is 0.166. The third-order valence-electron chi connectivity index (χ3n) is 7.30. The summed E-state index contributed by atoms with van der Waals surface area (Å²) < 4.78 is 21.0.